The molecule has 0 spiro atoms. The van der Waals surface area contributed by atoms with Crippen LogP contribution in [0.1, 0.15) is 37.5 Å². The maximum Gasteiger partial charge on any atom is 0.155 e. The zero-order valence-electron chi connectivity index (χ0n) is 13.6. The van der Waals surface area contributed by atoms with Crippen LogP contribution in [-0.2, 0) is 11.3 Å². The van der Waals surface area contributed by atoms with Gasteiger partial charge in [-0.2, -0.15) is 10.2 Å². The second-order valence-corrected chi connectivity index (χ2v) is 6.23. The lowest BCUT2D eigenvalue weighted by molar-refractivity contribution is -0.0473. The van der Waals surface area contributed by atoms with Gasteiger partial charge in [-0.25, -0.2) is 4.98 Å². The van der Waals surface area contributed by atoms with Crippen molar-refractivity contribution in [3.05, 3.63) is 30.1 Å². The van der Waals surface area contributed by atoms with E-state index in [-0.39, 0.29) is 12.0 Å². The minimum Gasteiger partial charge on any atom is -0.390 e. The van der Waals surface area contributed by atoms with Crippen molar-refractivity contribution in [1.29, 1.82) is 0 Å². The molecule has 1 aliphatic rings. The van der Waals surface area contributed by atoms with Crippen LogP contribution in [0.25, 0.3) is 0 Å². The number of β-amino-alcohol motifs (C(OH)–C–C–N with tert-alkyl or cyclic N) is 1. The number of aromatic nitrogens is 5. The first kappa shape index (κ1) is 16.1. The maximum absolute atomic E-state index is 10.2. The van der Waals surface area contributed by atoms with Crippen LogP contribution >= 0.6 is 0 Å². The molecular formula is C15H24N6O2. The lowest BCUT2D eigenvalue weighted by Gasteiger charge is -2.33. The molecule has 2 aromatic heterocycles. The third kappa shape index (κ3) is 4.15. The fourth-order valence-electron chi connectivity index (χ4n) is 2.70. The average Bonchev–Trinajstić information content (AvgIpc) is 3.18. The summed E-state index contributed by atoms with van der Waals surface area (Å²) in [5.74, 6) is 1.86. The van der Waals surface area contributed by atoms with E-state index in [1.165, 1.54) is 0 Å². The number of hydrogen-bond acceptors (Lipinski definition) is 6. The Morgan fingerprint density at radius 1 is 1.43 bits per heavy atom. The first-order chi connectivity index (χ1) is 11.1. The highest BCUT2D eigenvalue weighted by atomic mass is 16.5. The van der Waals surface area contributed by atoms with Gasteiger partial charge in [0.1, 0.15) is 6.10 Å². The molecule has 1 aliphatic heterocycles. The average molecular weight is 320 g/mol. The van der Waals surface area contributed by atoms with Crippen molar-refractivity contribution >= 4 is 0 Å². The van der Waals surface area contributed by atoms with Crippen LogP contribution in [0.4, 0.5) is 0 Å². The number of nitrogens with zero attached hydrogens (tertiary/aromatic N) is 5. The normalized spacial score (nSPS) is 21.0. The van der Waals surface area contributed by atoms with E-state index in [0.717, 1.165) is 18.2 Å². The summed E-state index contributed by atoms with van der Waals surface area (Å²) in [6, 6.07) is 1.85. The molecule has 0 aromatic carbocycles. The van der Waals surface area contributed by atoms with Crippen LogP contribution in [0.5, 0.6) is 0 Å². The van der Waals surface area contributed by atoms with Gasteiger partial charge in [0.05, 0.1) is 19.3 Å². The van der Waals surface area contributed by atoms with E-state index in [1.54, 1.807) is 10.9 Å². The number of nitrogens with one attached hydrogen (secondary N) is 1. The van der Waals surface area contributed by atoms with Crippen LogP contribution in [0.2, 0.25) is 0 Å². The summed E-state index contributed by atoms with van der Waals surface area (Å²) in [4.78, 5) is 6.71. The SMILES string of the molecule is CC(C)c1n[nH]c([C@H]2CN(C[C@@H](O)Cn3cccn3)CCO2)n1. The van der Waals surface area contributed by atoms with Crippen LogP contribution in [0.15, 0.2) is 18.5 Å². The van der Waals surface area contributed by atoms with Crippen LogP contribution in [0, 0.1) is 0 Å². The zero-order valence-corrected chi connectivity index (χ0v) is 13.6. The summed E-state index contributed by atoms with van der Waals surface area (Å²) in [7, 11) is 0. The van der Waals surface area contributed by atoms with Gasteiger partial charge in [-0.3, -0.25) is 14.7 Å². The Balaban J connectivity index is 1.55. The van der Waals surface area contributed by atoms with Crippen molar-refractivity contribution in [3.8, 4) is 0 Å². The summed E-state index contributed by atoms with van der Waals surface area (Å²) in [6.07, 6.45) is 2.98. The smallest absolute Gasteiger partial charge is 0.155 e. The molecule has 0 aliphatic carbocycles. The molecule has 0 amide bonds. The minimum absolute atomic E-state index is 0.124. The molecule has 3 heterocycles. The molecule has 0 saturated carbocycles. The summed E-state index contributed by atoms with van der Waals surface area (Å²) < 4.78 is 7.54. The summed E-state index contributed by atoms with van der Waals surface area (Å²) in [6.45, 7) is 7.33. The van der Waals surface area contributed by atoms with Gasteiger partial charge in [0.2, 0.25) is 0 Å². The van der Waals surface area contributed by atoms with Crippen molar-refractivity contribution in [3.63, 3.8) is 0 Å². The molecule has 2 aromatic rings. The fourth-order valence-corrected chi connectivity index (χ4v) is 2.70. The number of aliphatic hydroxyl groups excluding tert-OH is 1. The van der Waals surface area contributed by atoms with Gasteiger partial charge in [-0.05, 0) is 6.07 Å². The number of H-pyrrole nitrogens is 1. The minimum atomic E-state index is -0.463. The van der Waals surface area contributed by atoms with E-state index < -0.39 is 6.10 Å². The molecule has 8 heteroatoms. The Labute approximate surface area is 135 Å². The van der Waals surface area contributed by atoms with Crippen LogP contribution in [-0.4, -0.2) is 67.3 Å². The zero-order chi connectivity index (χ0) is 16.2. The Morgan fingerprint density at radius 2 is 2.30 bits per heavy atom. The quantitative estimate of drug-likeness (QED) is 0.808. The summed E-state index contributed by atoms with van der Waals surface area (Å²) >= 11 is 0. The monoisotopic (exact) mass is 320 g/mol. The van der Waals surface area contributed by atoms with Crippen LogP contribution in [0.3, 0.4) is 0 Å². The highest BCUT2D eigenvalue weighted by molar-refractivity contribution is 4.99. The molecular weight excluding hydrogens is 296 g/mol. The highest BCUT2D eigenvalue weighted by Gasteiger charge is 2.26. The van der Waals surface area contributed by atoms with Gasteiger partial charge < -0.3 is 9.84 Å². The van der Waals surface area contributed by atoms with E-state index in [1.807, 2.05) is 12.3 Å². The standard InChI is InChI=1S/C15H24N6O2/c1-11(2)14-17-15(19-18-14)13-10-20(6-7-23-13)8-12(22)9-21-5-3-4-16-21/h3-5,11-13,22H,6-10H2,1-2H3,(H,17,18,19)/t12-,13-/m1/s1. The molecule has 23 heavy (non-hydrogen) atoms. The molecule has 8 nitrogen and oxygen atoms in total. The number of aliphatic hydroxyl groups is 1. The number of morpholine rings is 1. The van der Waals surface area contributed by atoms with Gasteiger partial charge in [0.15, 0.2) is 11.6 Å². The lowest BCUT2D eigenvalue weighted by Crippen LogP contribution is -2.43. The maximum atomic E-state index is 10.2. The van der Waals surface area contributed by atoms with Crippen molar-refractivity contribution in [2.75, 3.05) is 26.2 Å². The molecule has 1 fully saturated rings. The second-order valence-electron chi connectivity index (χ2n) is 6.23. The summed E-state index contributed by atoms with van der Waals surface area (Å²) in [5, 5.41) is 21.6. The van der Waals surface area contributed by atoms with Gasteiger partial charge in [-0.1, -0.05) is 13.8 Å². The van der Waals surface area contributed by atoms with Crippen molar-refractivity contribution in [1.82, 2.24) is 29.9 Å². The van der Waals surface area contributed by atoms with E-state index >= 15 is 0 Å². The lowest BCUT2D eigenvalue weighted by atomic mass is 10.2. The number of ether oxygens (including phenoxy) is 1. The first-order valence-electron chi connectivity index (χ1n) is 8.03. The number of hydrogen-bond donors (Lipinski definition) is 2. The fraction of sp³-hybridized carbons (Fsp3) is 0.667. The molecule has 0 unspecified atom stereocenters. The van der Waals surface area contributed by atoms with Gasteiger partial charge in [-0.15, -0.1) is 0 Å². The Kier molecular flexibility index (Phi) is 5.04. The second kappa shape index (κ2) is 7.20. The number of aromatic amines is 1. The largest absolute Gasteiger partial charge is 0.390 e. The predicted octanol–water partition coefficient (Wildman–Crippen LogP) is 0.559. The number of rotatable bonds is 6. The Morgan fingerprint density at radius 3 is 3.00 bits per heavy atom. The first-order valence-corrected chi connectivity index (χ1v) is 8.03. The van der Waals surface area contributed by atoms with E-state index in [2.05, 4.69) is 39.0 Å². The molecule has 2 N–H and O–H groups in total. The van der Waals surface area contributed by atoms with Crippen LogP contribution < -0.4 is 0 Å². The van der Waals surface area contributed by atoms with Crippen molar-refractivity contribution in [2.45, 2.75) is 38.5 Å². The van der Waals surface area contributed by atoms with Gasteiger partial charge >= 0.3 is 0 Å². The van der Waals surface area contributed by atoms with Crippen molar-refractivity contribution < 1.29 is 9.84 Å². The van der Waals surface area contributed by atoms with Gasteiger partial charge in [0.25, 0.3) is 0 Å². The van der Waals surface area contributed by atoms with E-state index in [0.29, 0.717) is 26.2 Å². The third-order valence-electron chi connectivity index (χ3n) is 3.92. The molecule has 0 bridgehead atoms. The van der Waals surface area contributed by atoms with Crippen molar-refractivity contribution in [2.24, 2.45) is 0 Å². The molecule has 126 valence electrons. The Bertz CT molecular complexity index is 597. The highest BCUT2D eigenvalue weighted by Crippen LogP contribution is 2.20. The molecule has 1 saturated heterocycles. The predicted molar refractivity (Wildman–Crippen MR) is 83.8 cm³/mol. The third-order valence-corrected chi connectivity index (χ3v) is 3.92. The summed E-state index contributed by atoms with van der Waals surface area (Å²) in [5.41, 5.74) is 0. The van der Waals surface area contributed by atoms with E-state index in [4.69, 9.17) is 4.74 Å². The molecule has 2 atom stereocenters. The van der Waals surface area contributed by atoms with Gasteiger partial charge in [0, 0.05) is 37.9 Å². The molecule has 3 rings (SSSR count). The van der Waals surface area contributed by atoms with E-state index in [9.17, 15) is 5.11 Å². The Hall–Kier alpha value is -1.77. The molecule has 0 radical (unpaired) electrons. The topological polar surface area (TPSA) is 92.1 Å².